The Labute approximate surface area is 125 Å². The van der Waals surface area contributed by atoms with Gasteiger partial charge in [0.05, 0.1) is 17.0 Å². The van der Waals surface area contributed by atoms with Crippen LogP contribution in [0.1, 0.15) is 47.2 Å². The van der Waals surface area contributed by atoms with Gasteiger partial charge in [-0.15, -0.1) is 0 Å². The standard InChI is InChI=1S/C13H16BrNO5/c1-5-19-13(18)10-9(7(3)16)8(4)20-12(10)15-11(17)6(2)14/h6H,5H2,1-4H3,(H,15,17). The molecule has 0 aliphatic heterocycles. The average Bonchev–Trinajstić information content (AvgIpc) is 2.65. The number of carbonyl (C=O) groups is 3. The number of aryl methyl sites for hydroxylation is 1. The molecular weight excluding hydrogens is 330 g/mol. The Kier molecular flexibility index (Phi) is 5.50. The zero-order chi connectivity index (χ0) is 15.4. The second-order valence-corrected chi connectivity index (χ2v) is 5.49. The number of esters is 1. The molecule has 0 aliphatic rings. The van der Waals surface area contributed by atoms with Crippen LogP contribution < -0.4 is 5.32 Å². The summed E-state index contributed by atoms with van der Waals surface area (Å²) in [6.45, 7) is 6.30. The molecule has 1 rings (SSSR count). The first-order valence-electron chi connectivity index (χ1n) is 6.05. The number of nitrogens with one attached hydrogen (secondary N) is 1. The van der Waals surface area contributed by atoms with Crippen molar-refractivity contribution in [3.05, 3.63) is 16.9 Å². The number of furan rings is 1. The van der Waals surface area contributed by atoms with E-state index < -0.39 is 10.8 Å². The van der Waals surface area contributed by atoms with Crippen LogP contribution in [0.5, 0.6) is 0 Å². The monoisotopic (exact) mass is 345 g/mol. The Bertz CT molecular complexity index is 547. The molecule has 20 heavy (non-hydrogen) atoms. The lowest BCUT2D eigenvalue weighted by atomic mass is 10.1. The van der Waals surface area contributed by atoms with E-state index in [-0.39, 0.29) is 41.1 Å². The number of rotatable bonds is 5. The second-order valence-electron chi connectivity index (χ2n) is 4.12. The van der Waals surface area contributed by atoms with Crippen LogP contribution in [0.3, 0.4) is 0 Å². The summed E-state index contributed by atoms with van der Waals surface area (Å²) in [4.78, 5) is 34.8. The highest BCUT2D eigenvalue weighted by atomic mass is 79.9. The number of alkyl halides is 1. The number of amides is 1. The summed E-state index contributed by atoms with van der Waals surface area (Å²) in [5.41, 5.74) is 0.0827. The molecule has 0 aliphatic carbocycles. The maximum atomic E-state index is 12.0. The molecule has 0 saturated heterocycles. The summed E-state index contributed by atoms with van der Waals surface area (Å²) >= 11 is 3.11. The van der Waals surface area contributed by atoms with Crippen LogP contribution in [-0.2, 0) is 9.53 Å². The molecule has 1 aromatic heterocycles. The molecule has 1 unspecified atom stereocenters. The molecule has 7 heteroatoms. The normalized spacial score (nSPS) is 11.8. The van der Waals surface area contributed by atoms with Crippen molar-refractivity contribution in [3.8, 4) is 0 Å². The van der Waals surface area contributed by atoms with Crippen molar-refractivity contribution < 1.29 is 23.5 Å². The van der Waals surface area contributed by atoms with E-state index in [1.54, 1.807) is 20.8 Å². The molecule has 1 N–H and O–H groups in total. The van der Waals surface area contributed by atoms with Crippen molar-refractivity contribution in [1.29, 1.82) is 0 Å². The number of anilines is 1. The van der Waals surface area contributed by atoms with E-state index in [0.29, 0.717) is 0 Å². The third-order valence-electron chi connectivity index (χ3n) is 2.51. The van der Waals surface area contributed by atoms with Gasteiger partial charge < -0.3 is 9.15 Å². The van der Waals surface area contributed by atoms with Crippen LogP contribution in [0.4, 0.5) is 5.88 Å². The minimum atomic E-state index is -0.702. The summed E-state index contributed by atoms with van der Waals surface area (Å²) in [6, 6.07) is 0. The lowest BCUT2D eigenvalue weighted by Crippen LogP contribution is -2.21. The zero-order valence-corrected chi connectivity index (χ0v) is 13.3. The highest BCUT2D eigenvalue weighted by molar-refractivity contribution is 9.10. The molecular formula is C13H16BrNO5. The maximum absolute atomic E-state index is 12.0. The fourth-order valence-electron chi connectivity index (χ4n) is 1.67. The number of halogens is 1. The largest absolute Gasteiger partial charge is 0.462 e. The molecule has 0 bridgehead atoms. The highest BCUT2D eigenvalue weighted by Gasteiger charge is 2.29. The number of ether oxygens (including phenoxy) is 1. The zero-order valence-electron chi connectivity index (χ0n) is 11.7. The van der Waals surface area contributed by atoms with Crippen molar-refractivity contribution in [3.63, 3.8) is 0 Å². The molecule has 1 amide bonds. The number of Topliss-reactive ketones (excluding diaryl/α,β-unsaturated/α-hetero) is 1. The van der Waals surface area contributed by atoms with Gasteiger partial charge in [-0.3, -0.25) is 14.9 Å². The van der Waals surface area contributed by atoms with Gasteiger partial charge in [0.1, 0.15) is 11.3 Å². The van der Waals surface area contributed by atoms with Crippen LogP contribution in [0.25, 0.3) is 0 Å². The maximum Gasteiger partial charge on any atom is 0.344 e. The van der Waals surface area contributed by atoms with Gasteiger partial charge in [0.15, 0.2) is 5.78 Å². The molecule has 1 aromatic rings. The van der Waals surface area contributed by atoms with Crippen LogP contribution in [0, 0.1) is 6.92 Å². The van der Waals surface area contributed by atoms with E-state index in [9.17, 15) is 14.4 Å². The van der Waals surface area contributed by atoms with Crippen molar-refractivity contribution in [2.45, 2.75) is 32.5 Å². The summed E-state index contributed by atoms with van der Waals surface area (Å²) < 4.78 is 10.2. The van der Waals surface area contributed by atoms with Gasteiger partial charge in [0.25, 0.3) is 0 Å². The minimum Gasteiger partial charge on any atom is -0.462 e. The van der Waals surface area contributed by atoms with E-state index >= 15 is 0 Å². The van der Waals surface area contributed by atoms with E-state index in [1.807, 2.05) is 0 Å². The topological polar surface area (TPSA) is 85.6 Å². The summed E-state index contributed by atoms with van der Waals surface area (Å²) in [6.07, 6.45) is 0. The lowest BCUT2D eigenvalue weighted by Gasteiger charge is -2.06. The minimum absolute atomic E-state index is 0.0432. The predicted octanol–water partition coefficient (Wildman–Crippen LogP) is 2.69. The van der Waals surface area contributed by atoms with Crippen LogP contribution in [0.15, 0.2) is 4.42 Å². The summed E-state index contributed by atoms with van der Waals surface area (Å²) in [7, 11) is 0. The van der Waals surface area contributed by atoms with Crippen molar-refractivity contribution in [2.24, 2.45) is 0 Å². The molecule has 0 aromatic carbocycles. The molecule has 1 atom stereocenters. The predicted molar refractivity (Wildman–Crippen MR) is 76.4 cm³/mol. The number of hydrogen-bond donors (Lipinski definition) is 1. The molecule has 0 spiro atoms. The van der Waals surface area contributed by atoms with Gasteiger partial charge in [-0.1, -0.05) is 15.9 Å². The fraction of sp³-hybridized carbons (Fsp3) is 0.462. The lowest BCUT2D eigenvalue weighted by molar-refractivity contribution is -0.115. The van der Waals surface area contributed by atoms with Crippen molar-refractivity contribution in [1.82, 2.24) is 0 Å². The Morgan fingerprint density at radius 1 is 1.35 bits per heavy atom. The van der Waals surface area contributed by atoms with Gasteiger partial charge in [-0.2, -0.15) is 0 Å². The molecule has 0 saturated carbocycles. The van der Waals surface area contributed by atoms with Gasteiger partial charge >= 0.3 is 5.97 Å². The fourth-order valence-corrected chi connectivity index (χ4v) is 1.78. The number of carbonyl (C=O) groups excluding carboxylic acids is 3. The smallest absolute Gasteiger partial charge is 0.344 e. The number of hydrogen-bond acceptors (Lipinski definition) is 5. The third kappa shape index (κ3) is 3.47. The van der Waals surface area contributed by atoms with Gasteiger partial charge in [0.2, 0.25) is 11.8 Å². The van der Waals surface area contributed by atoms with Crippen LogP contribution >= 0.6 is 15.9 Å². The average molecular weight is 346 g/mol. The Morgan fingerprint density at radius 3 is 2.40 bits per heavy atom. The van der Waals surface area contributed by atoms with Gasteiger partial charge in [0, 0.05) is 0 Å². The third-order valence-corrected chi connectivity index (χ3v) is 2.93. The number of ketones is 1. The van der Waals surface area contributed by atoms with Gasteiger partial charge in [-0.25, -0.2) is 4.79 Å². The first-order chi connectivity index (χ1) is 9.29. The van der Waals surface area contributed by atoms with Crippen molar-refractivity contribution >= 4 is 39.5 Å². The van der Waals surface area contributed by atoms with Crippen LogP contribution in [-0.4, -0.2) is 29.1 Å². The van der Waals surface area contributed by atoms with E-state index in [4.69, 9.17) is 9.15 Å². The van der Waals surface area contributed by atoms with E-state index in [0.717, 1.165) is 0 Å². The second kappa shape index (κ2) is 6.69. The van der Waals surface area contributed by atoms with Crippen molar-refractivity contribution in [2.75, 3.05) is 11.9 Å². The molecule has 1 heterocycles. The SMILES string of the molecule is CCOC(=O)c1c(NC(=O)C(C)Br)oc(C)c1C(C)=O. The molecule has 0 radical (unpaired) electrons. The first-order valence-corrected chi connectivity index (χ1v) is 6.97. The van der Waals surface area contributed by atoms with E-state index in [2.05, 4.69) is 21.2 Å². The highest BCUT2D eigenvalue weighted by Crippen LogP contribution is 2.28. The molecule has 110 valence electrons. The quantitative estimate of drug-likeness (QED) is 0.503. The van der Waals surface area contributed by atoms with E-state index in [1.165, 1.54) is 6.92 Å². The van der Waals surface area contributed by atoms with Gasteiger partial charge in [-0.05, 0) is 27.7 Å². The Balaban J connectivity index is 3.30. The summed E-state index contributed by atoms with van der Waals surface area (Å²) in [5.74, 6) is -1.23. The molecule has 0 fully saturated rings. The van der Waals surface area contributed by atoms with Crippen LogP contribution in [0.2, 0.25) is 0 Å². The first kappa shape index (κ1) is 16.4. The Morgan fingerprint density at radius 2 is 1.95 bits per heavy atom. The summed E-state index contributed by atoms with van der Waals surface area (Å²) in [5, 5.41) is 2.46. The Hall–Kier alpha value is -1.63. The molecule has 6 nitrogen and oxygen atoms in total.